The van der Waals surface area contributed by atoms with Gasteiger partial charge in [-0.3, -0.25) is 0 Å². The first-order valence-electron chi connectivity index (χ1n) is 6.02. The Morgan fingerprint density at radius 1 is 1.38 bits per heavy atom. The molecule has 1 saturated carbocycles. The van der Waals surface area contributed by atoms with E-state index >= 15 is 0 Å². The molecule has 0 spiro atoms. The Kier molecular flexibility index (Phi) is 3.56. The van der Waals surface area contributed by atoms with Crippen molar-refractivity contribution in [3.63, 3.8) is 0 Å². The molecule has 90 valence electrons. The highest BCUT2D eigenvalue weighted by molar-refractivity contribution is 5.02. The van der Waals surface area contributed by atoms with E-state index in [0.717, 1.165) is 11.6 Å². The van der Waals surface area contributed by atoms with Crippen LogP contribution >= 0.6 is 0 Å². The maximum absolute atomic E-state index is 9.11. The Morgan fingerprint density at radius 3 is 2.69 bits per heavy atom. The SMILES string of the molecule is Cc1nnc([C@H](N)CO)n1C1CCCCC1. The topological polar surface area (TPSA) is 77.0 Å². The molecule has 1 fully saturated rings. The van der Waals surface area contributed by atoms with Crippen LogP contribution in [0.3, 0.4) is 0 Å². The van der Waals surface area contributed by atoms with E-state index in [0.29, 0.717) is 6.04 Å². The highest BCUT2D eigenvalue weighted by atomic mass is 16.3. The van der Waals surface area contributed by atoms with Crippen molar-refractivity contribution in [1.82, 2.24) is 14.8 Å². The van der Waals surface area contributed by atoms with Crippen LogP contribution in [-0.2, 0) is 0 Å². The zero-order chi connectivity index (χ0) is 11.5. The smallest absolute Gasteiger partial charge is 0.152 e. The van der Waals surface area contributed by atoms with E-state index in [4.69, 9.17) is 10.8 Å². The van der Waals surface area contributed by atoms with Crippen molar-refractivity contribution in [2.24, 2.45) is 5.73 Å². The first kappa shape index (κ1) is 11.5. The molecule has 5 heteroatoms. The van der Waals surface area contributed by atoms with Crippen molar-refractivity contribution >= 4 is 0 Å². The van der Waals surface area contributed by atoms with E-state index < -0.39 is 6.04 Å². The fourth-order valence-corrected chi connectivity index (χ4v) is 2.51. The van der Waals surface area contributed by atoms with Gasteiger partial charge in [0.2, 0.25) is 0 Å². The zero-order valence-electron chi connectivity index (χ0n) is 9.76. The molecular weight excluding hydrogens is 204 g/mol. The first-order chi connectivity index (χ1) is 7.74. The molecule has 1 atom stereocenters. The van der Waals surface area contributed by atoms with Gasteiger partial charge in [-0.25, -0.2) is 0 Å². The summed E-state index contributed by atoms with van der Waals surface area (Å²) in [4.78, 5) is 0. The van der Waals surface area contributed by atoms with Crippen LogP contribution in [0.2, 0.25) is 0 Å². The minimum atomic E-state index is -0.414. The number of nitrogens with zero attached hydrogens (tertiary/aromatic N) is 3. The van der Waals surface area contributed by atoms with Crippen LogP contribution < -0.4 is 5.73 Å². The predicted molar refractivity (Wildman–Crippen MR) is 60.9 cm³/mol. The van der Waals surface area contributed by atoms with E-state index in [1.807, 2.05) is 6.92 Å². The van der Waals surface area contributed by atoms with Crippen LogP contribution in [0.1, 0.15) is 55.8 Å². The fourth-order valence-electron chi connectivity index (χ4n) is 2.51. The van der Waals surface area contributed by atoms with Crippen molar-refractivity contribution in [3.05, 3.63) is 11.6 Å². The third kappa shape index (κ3) is 2.10. The quantitative estimate of drug-likeness (QED) is 0.805. The molecule has 16 heavy (non-hydrogen) atoms. The number of hydrogen-bond donors (Lipinski definition) is 2. The lowest BCUT2D eigenvalue weighted by atomic mass is 9.95. The van der Waals surface area contributed by atoms with Gasteiger partial charge in [-0.05, 0) is 19.8 Å². The Labute approximate surface area is 95.7 Å². The third-order valence-corrected chi connectivity index (χ3v) is 3.36. The molecular formula is C11H20N4O. The Bertz CT molecular complexity index is 344. The maximum atomic E-state index is 9.11. The van der Waals surface area contributed by atoms with Gasteiger partial charge in [-0.1, -0.05) is 19.3 Å². The van der Waals surface area contributed by atoms with E-state index in [1.165, 1.54) is 32.1 Å². The summed E-state index contributed by atoms with van der Waals surface area (Å²) in [5.74, 6) is 1.64. The molecule has 1 aliphatic rings. The highest BCUT2D eigenvalue weighted by Gasteiger charge is 2.23. The van der Waals surface area contributed by atoms with Gasteiger partial charge < -0.3 is 15.4 Å². The number of nitrogens with two attached hydrogens (primary N) is 1. The number of hydrogen-bond acceptors (Lipinski definition) is 4. The second-order valence-corrected chi connectivity index (χ2v) is 4.56. The highest BCUT2D eigenvalue weighted by Crippen LogP contribution is 2.30. The van der Waals surface area contributed by atoms with Crippen LogP contribution in [0.15, 0.2) is 0 Å². The molecule has 0 amide bonds. The first-order valence-corrected chi connectivity index (χ1v) is 6.02. The van der Waals surface area contributed by atoms with Crippen LogP contribution in [0.25, 0.3) is 0 Å². The van der Waals surface area contributed by atoms with Crippen LogP contribution in [-0.4, -0.2) is 26.5 Å². The van der Waals surface area contributed by atoms with E-state index in [1.54, 1.807) is 0 Å². The molecule has 1 aromatic heterocycles. The molecule has 3 N–H and O–H groups in total. The van der Waals surface area contributed by atoms with Crippen molar-refractivity contribution in [2.45, 2.75) is 51.1 Å². The average Bonchev–Trinajstić information content (AvgIpc) is 2.71. The van der Waals surface area contributed by atoms with E-state index in [-0.39, 0.29) is 6.61 Å². The monoisotopic (exact) mass is 224 g/mol. The molecule has 1 heterocycles. The molecule has 0 saturated heterocycles. The van der Waals surface area contributed by atoms with Gasteiger partial charge in [0.15, 0.2) is 5.82 Å². The minimum absolute atomic E-state index is 0.0785. The van der Waals surface area contributed by atoms with E-state index in [2.05, 4.69) is 14.8 Å². The third-order valence-electron chi connectivity index (χ3n) is 3.36. The molecule has 2 rings (SSSR count). The fraction of sp³-hybridized carbons (Fsp3) is 0.818. The lowest BCUT2D eigenvalue weighted by Crippen LogP contribution is -2.24. The molecule has 0 bridgehead atoms. The summed E-state index contributed by atoms with van der Waals surface area (Å²) in [6.45, 7) is 1.88. The molecule has 1 aliphatic carbocycles. The molecule has 5 nitrogen and oxygen atoms in total. The second-order valence-electron chi connectivity index (χ2n) is 4.56. The van der Waals surface area contributed by atoms with Gasteiger partial charge in [0.25, 0.3) is 0 Å². The Morgan fingerprint density at radius 2 is 2.06 bits per heavy atom. The summed E-state index contributed by atoms with van der Waals surface area (Å²) in [6.07, 6.45) is 6.18. The molecule has 0 radical (unpaired) electrons. The number of rotatable bonds is 3. The van der Waals surface area contributed by atoms with Gasteiger partial charge in [-0.2, -0.15) is 0 Å². The van der Waals surface area contributed by atoms with Gasteiger partial charge in [0, 0.05) is 6.04 Å². The normalized spacial score (nSPS) is 19.9. The van der Waals surface area contributed by atoms with Crippen molar-refractivity contribution < 1.29 is 5.11 Å². The molecule has 0 aromatic carbocycles. The molecule has 0 unspecified atom stereocenters. The maximum Gasteiger partial charge on any atom is 0.152 e. The van der Waals surface area contributed by atoms with Gasteiger partial charge in [0.05, 0.1) is 12.6 Å². The number of aryl methyl sites for hydroxylation is 1. The summed E-state index contributed by atoms with van der Waals surface area (Å²) in [7, 11) is 0. The zero-order valence-corrected chi connectivity index (χ0v) is 9.76. The molecule has 0 aliphatic heterocycles. The van der Waals surface area contributed by atoms with Crippen molar-refractivity contribution in [2.75, 3.05) is 6.61 Å². The number of aliphatic hydroxyl groups is 1. The summed E-state index contributed by atoms with van der Waals surface area (Å²) in [6, 6.07) is 0.0551. The predicted octanol–water partition coefficient (Wildman–Crippen LogP) is 1.08. The lowest BCUT2D eigenvalue weighted by molar-refractivity contribution is 0.253. The van der Waals surface area contributed by atoms with E-state index in [9.17, 15) is 0 Å². The van der Waals surface area contributed by atoms with Crippen LogP contribution in [0, 0.1) is 6.92 Å². The summed E-state index contributed by atoms with van der Waals surface area (Å²) in [5, 5.41) is 17.3. The van der Waals surface area contributed by atoms with Crippen molar-refractivity contribution in [3.8, 4) is 0 Å². The minimum Gasteiger partial charge on any atom is -0.394 e. The van der Waals surface area contributed by atoms with Crippen molar-refractivity contribution in [1.29, 1.82) is 0 Å². The Hall–Kier alpha value is -0.940. The second kappa shape index (κ2) is 4.93. The number of aliphatic hydroxyl groups excluding tert-OH is 1. The largest absolute Gasteiger partial charge is 0.394 e. The van der Waals surface area contributed by atoms with Gasteiger partial charge in [-0.15, -0.1) is 10.2 Å². The molecule has 1 aromatic rings. The van der Waals surface area contributed by atoms with Gasteiger partial charge >= 0.3 is 0 Å². The summed E-state index contributed by atoms with van der Waals surface area (Å²) >= 11 is 0. The van der Waals surface area contributed by atoms with Crippen LogP contribution in [0.5, 0.6) is 0 Å². The standard InChI is InChI=1S/C11H20N4O/c1-8-13-14-11(10(12)7-16)15(8)9-5-3-2-4-6-9/h9-10,16H,2-7,12H2,1H3/t10-/m1/s1. The average molecular weight is 224 g/mol. The van der Waals surface area contributed by atoms with Crippen LogP contribution in [0.4, 0.5) is 0 Å². The number of aromatic nitrogens is 3. The Balaban J connectivity index is 2.26. The summed E-state index contributed by atoms with van der Waals surface area (Å²) < 4.78 is 2.13. The lowest BCUT2D eigenvalue weighted by Gasteiger charge is -2.26. The van der Waals surface area contributed by atoms with Gasteiger partial charge in [0.1, 0.15) is 5.82 Å². The summed E-state index contributed by atoms with van der Waals surface area (Å²) in [5.41, 5.74) is 5.84.